The van der Waals surface area contributed by atoms with Crippen LogP contribution in [0.3, 0.4) is 0 Å². The van der Waals surface area contributed by atoms with Crippen LogP contribution in [0.5, 0.6) is 0 Å². The highest BCUT2D eigenvalue weighted by Crippen LogP contribution is 2.36. The van der Waals surface area contributed by atoms with E-state index in [9.17, 15) is 5.11 Å². The number of aryl methyl sites for hydroxylation is 1. The molecule has 0 saturated heterocycles. The number of aliphatic hydroxyl groups excluding tert-OH is 1. The van der Waals surface area contributed by atoms with Gasteiger partial charge in [0.1, 0.15) is 11.8 Å². The zero-order valence-corrected chi connectivity index (χ0v) is 12.0. The van der Waals surface area contributed by atoms with Crippen LogP contribution in [0.15, 0.2) is 12.3 Å². The normalized spacial score (nSPS) is 18.7. The second-order valence-corrected chi connectivity index (χ2v) is 6.42. The fraction of sp³-hybridized carbons (Fsp3) is 0.600. The molecule has 2 rings (SSSR count). The predicted molar refractivity (Wildman–Crippen MR) is 73.3 cm³/mol. The molecule has 1 aliphatic rings. The summed E-state index contributed by atoms with van der Waals surface area (Å²) < 4.78 is 0. The lowest BCUT2D eigenvalue weighted by molar-refractivity contribution is 0.126. The Labute approximate surface area is 114 Å². The Morgan fingerprint density at radius 1 is 1.47 bits per heavy atom. The maximum atomic E-state index is 10.2. The van der Waals surface area contributed by atoms with Crippen LogP contribution in [0, 0.1) is 18.3 Å². The van der Waals surface area contributed by atoms with Gasteiger partial charge in [-0.1, -0.05) is 20.8 Å². The Morgan fingerprint density at radius 3 is 2.53 bits per heavy atom. The number of aliphatic hydroxyl groups is 1. The minimum absolute atomic E-state index is 0.00790. The van der Waals surface area contributed by atoms with E-state index < -0.39 is 11.8 Å². The summed E-state index contributed by atoms with van der Waals surface area (Å²) in [5, 5.41) is 22.2. The first-order valence-corrected chi connectivity index (χ1v) is 6.61. The second-order valence-electron chi connectivity index (χ2n) is 6.42. The molecule has 0 aromatic carbocycles. The van der Waals surface area contributed by atoms with Crippen molar-refractivity contribution in [3.05, 3.63) is 29.1 Å². The molecule has 1 atom stereocenters. The molecule has 1 aromatic rings. The van der Waals surface area contributed by atoms with Crippen LogP contribution in [-0.2, 0) is 5.41 Å². The van der Waals surface area contributed by atoms with Crippen molar-refractivity contribution >= 4 is 0 Å². The molecule has 1 unspecified atom stereocenters. The van der Waals surface area contributed by atoms with Gasteiger partial charge in [-0.25, -0.2) is 0 Å². The smallest absolute Gasteiger partial charge is 0.134 e. The summed E-state index contributed by atoms with van der Waals surface area (Å²) in [6, 6.07) is 4.22. The van der Waals surface area contributed by atoms with E-state index in [4.69, 9.17) is 5.26 Å². The van der Waals surface area contributed by atoms with Gasteiger partial charge in [0.25, 0.3) is 0 Å². The van der Waals surface area contributed by atoms with Crippen LogP contribution in [0.2, 0.25) is 0 Å². The van der Waals surface area contributed by atoms with Crippen molar-refractivity contribution in [2.45, 2.75) is 57.7 Å². The van der Waals surface area contributed by atoms with Gasteiger partial charge in [0, 0.05) is 22.9 Å². The third-order valence-electron chi connectivity index (χ3n) is 3.59. The number of hydrogen-bond donors (Lipinski definition) is 2. The maximum Gasteiger partial charge on any atom is 0.134 e. The van der Waals surface area contributed by atoms with Crippen molar-refractivity contribution in [3.63, 3.8) is 0 Å². The summed E-state index contributed by atoms with van der Waals surface area (Å²) >= 11 is 0. The fourth-order valence-electron chi connectivity index (χ4n) is 2.02. The number of hydrogen-bond acceptors (Lipinski definition) is 4. The third-order valence-corrected chi connectivity index (χ3v) is 3.59. The van der Waals surface area contributed by atoms with Crippen LogP contribution in [0.25, 0.3) is 0 Å². The number of nitrogens with one attached hydrogen (secondary N) is 1. The Kier molecular flexibility index (Phi) is 3.38. The predicted octanol–water partition coefficient (Wildman–Crippen LogP) is 2.32. The molecule has 19 heavy (non-hydrogen) atoms. The second kappa shape index (κ2) is 4.59. The van der Waals surface area contributed by atoms with Crippen molar-refractivity contribution in [3.8, 4) is 6.07 Å². The summed E-state index contributed by atoms with van der Waals surface area (Å²) in [5.41, 5.74) is 2.20. The summed E-state index contributed by atoms with van der Waals surface area (Å²) in [6.07, 6.45) is 2.48. The fourth-order valence-corrected chi connectivity index (χ4v) is 2.02. The first-order chi connectivity index (χ1) is 8.77. The van der Waals surface area contributed by atoms with Gasteiger partial charge >= 0.3 is 0 Å². The Balaban J connectivity index is 2.20. The van der Waals surface area contributed by atoms with E-state index in [-0.39, 0.29) is 5.41 Å². The van der Waals surface area contributed by atoms with Gasteiger partial charge in [-0.15, -0.1) is 0 Å². The summed E-state index contributed by atoms with van der Waals surface area (Å²) in [5.74, 6) is 0. The van der Waals surface area contributed by atoms with Crippen molar-refractivity contribution < 1.29 is 5.11 Å². The van der Waals surface area contributed by atoms with E-state index in [0.29, 0.717) is 0 Å². The number of aromatic nitrogens is 1. The number of pyridine rings is 1. The van der Waals surface area contributed by atoms with Gasteiger partial charge < -0.3 is 5.11 Å². The molecule has 0 bridgehead atoms. The molecule has 102 valence electrons. The van der Waals surface area contributed by atoms with Crippen molar-refractivity contribution in [1.82, 2.24) is 10.3 Å². The average molecular weight is 259 g/mol. The van der Waals surface area contributed by atoms with E-state index in [1.165, 1.54) is 0 Å². The molecule has 2 N–H and O–H groups in total. The minimum Gasteiger partial charge on any atom is -0.374 e. The Bertz CT molecular complexity index is 521. The molecule has 0 aliphatic heterocycles. The highest BCUT2D eigenvalue weighted by Gasteiger charge is 2.44. The van der Waals surface area contributed by atoms with E-state index >= 15 is 0 Å². The Morgan fingerprint density at radius 2 is 2.11 bits per heavy atom. The van der Waals surface area contributed by atoms with E-state index in [1.807, 2.05) is 13.0 Å². The molecule has 0 spiro atoms. The first kappa shape index (κ1) is 14.0. The van der Waals surface area contributed by atoms with Gasteiger partial charge in [0.05, 0.1) is 6.07 Å². The third kappa shape index (κ3) is 2.94. The molecule has 0 radical (unpaired) electrons. The topological polar surface area (TPSA) is 68.9 Å². The number of nitriles is 1. The zero-order chi connectivity index (χ0) is 14.3. The molecule has 1 aromatic heterocycles. The van der Waals surface area contributed by atoms with Crippen molar-refractivity contribution in [2.75, 3.05) is 0 Å². The molecule has 0 amide bonds. The van der Waals surface area contributed by atoms with Crippen LogP contribution in [0.4, 0.5) is 0 Å². The van der Waals surface area contributed by atoms with Crippen molar-refractivity contribution in [2.24, 2.45) is 0 Å². The molecule has 1 aliphatic carbocycles. The minimum atomic E-state index is -0.830. The SMILES string of the molecule is Cc1cc(C(C)(C)C)ncc1C(O)NC1(C#N)CC1. The maximum absolute atomic E-state index is 10.2. The molecule has 1 saturated carbocycles. The van der Waals surface area contributed by atoms with Gasteiger partial charge in [-0.2, -0.15) is 5.26 Å². The van der Waals surface area contributed by atoms with E-state index in [0.717, 1.165) is 29.7 Å². The van der Waals surface area contributed by atoms with E-state index in [2.05, 4.69) is 37.1 Å². The van der Waals surface area contributed by atoms with Gasteiger partial charge in [0.2, 0.25) is 0 Å². The van der Waals surface area contributed by atoms with Gasteiger partial charge in [0.15, 0.2) is 0 Å². The lowest BCUT2D eigenvalue weighted by Gasteiger charge is -2.22. The highest BCUT2D eigenvalue weighted by atomic mass is 16.3. The zero-order valence-electron chi connectivity index (χ0n) is 12.0. The largest absolute Gasteiger partial charge is 0.374 e. The molecular weight excluding hydrogens is 238 g/mol. The molecule has 4 nitrogen and oxygen atoms in total. The van der Waals surface area contributed by atoms with Crippen LogP contribution >= 0.6 is 0 Å². The van der Waals surface area contributed by atoms with E-state index in [1.54, 1.807) is 6.20 Å². The Hall–Kier alpha value is -1.44. The molecule has 1 heterocycles. The van der Waals surface area contributed by atoms with Crippen molar-refractivity contribution in [1.29, 1.82) is 5.26 Å². The highest BCUT2D eigenvalue weighted by molar-refractivity contribution is 5.31. The number of nitrogens with zero attached hydrogens (tertiary/aromatic N) is 2. The summed E-state index contributed by atoms with van der Waals surface area (Å²) in [4.78, 5) is 4.43. The summed E-state index contributed by atoms with van der Waals surface area (Å²) in [7, 11) is 0. The number of rotatable bonds is 3. The monoisotopic (exact) mass is 259 g/mol. The molecule has 4 heteroatoms. The molecule has 1 fully saturated rings. The lowest BCUT2D eigenvalue weighted by Crippen LogP contribution is -2.34. The summed E-state index contributed by atoms with van der Waals surface area (Å²) in [6.45, 7) is 8.29. The van der Waals surface area contributed by atoms with Crippen LogP contribution in [0.1, 0.15) is 56.7 Å². The van der Waals surface area contributed by atoms with Crippen LogP contribution < -0.4 is 5.32 Å². The lowest BCUT2D eigenvalue weighted by atomic mass is 9.90. The average Bonchev–Trinajstić information content (AvgIpc) is 3.08. The first-order valence-electron chi connectivity index (χ1n) is 6.61. The molecular formula is C15H21N3O. The van der Waals surface area contributed by atoms with Crippen LogP contribution in [-0.4, -0.2) is 15.6 Å². The standard InChI is InChI=1S/C15H21N3O/c1-10-7-12(14(2,3)4)17-8-11(10)13(19)18-15(9-16)5-6-15/h7-8,13,18-19H,5-6H2,1-4H3. The van der Waals surface area contributed by atoms with Gasteiger partial charge in [-0.05, 0) is 31.4 Å². The quantitative estimate of drug-likeness (QED) is 0.817. The van der Waals surface area contributed by atoms with Gasteiger partial charge in [-0.3, -0.25) is 10.3 Å².